The van der Waals surface area contributed by atoms with Crippen LogP contribution in [0.3, 0.4) is 0 Å². The van der Waals surface area contributed by atoms with Crippen LogP contribution in [0.5, 0.6) is 0 Å². The molecule has 2 N–H and O–H groups in total. The van der Waals surface area contributed by atoms with Crippen molar-refractivity contribution < 1.29 is 0 Å². The highest BCUT2D eigenvalue weighted by molar-refractivity contribution is 5.80. The van der Waals surface area contributed by atoms with Crippen LogP contribution in [0.25, 0.3) is 10.9 Å². The molecule has 16 heavy (non-hydrogen) atoms. The van der Waals surface area contributed by atoms with E-state index < -0.39 is 0 Å². The van der Waals surface area contributed by atoms with Crippen LogP contribution in [0.4, 0.5) is 0 Å². The van der Waals surface area contributed by atoms with Crippen molar-refractivity contribution in [3.05, 3.63) is 36.0 Å². The maximum Gasteiger partial charge on any atom is 0.0483 e. The summed E-state index contributed by atoms with van der Waals surface area (Å²) in [5.41, 5.74) is 8.14. The van der Waals surface area contributed by atoms with Crippen molar-refractivity contribution in [3.63, 3.8) is 0 Å². The number of nitrogens with zero attached hydrogens (tertiary/aromatic N) is 2. The van der Waals surface area contributed by atoms with Gasteiger partial charge in [0.1, 0.15) is 0 Å². The van der Waals surface area contributed by atoms with Gasteiger partial charge in [-0.05, 0) is 37.2 Å². The Labute approximate surface area is 96.5 Å². The highest BCUT2D eigenvalue weighted by Crippen LogP contribution is 2.17. The topological polar surface area (TPSA) is 34.2 Å². The standard InChI is InChI=1S/C13H19N3/c1-15(2)7-8-16-6-5-12-4-3-11(10-14)9-13(12)16/h3-6,9H,7-8,10,14H2,1-2H3. The fourth-order valence-corrected chi connectivity index (χ4v) is 1.86. The molecule has 1 heterocycles. The van der Waals surface area contributed by atoms with Gasteiger partial charge < -0.3 is 15.2 Å². The van der Waals surface area contributed by atoms with E-state index in [0.29, 0.717) is 6.54 Å². The molecule has 2 rings (SSSR count). The summed E-state index contributed by atoms with van der Waals surface area (Å²) in [5.74, 6) is 0. The lowest BCUT2D eigenvalue weighted by Gasteiger charge is -2.11. The van der Waals surface area contributed by atoms with Crippen LogP contribution in [0, 0.1) is 0 Å². The number of benzene rings is 1. The second-order valence-electron chi connectivity index (χ2n) is 4.41. The first-order valence-electron chi connectivity index (χ1n) is 5.63. The molecule has 1 aromatic carbocycles. The van der Waals surface area contributed by atoms with Crippen molar-refractivity contribution in [2.45, 2.75) is 13.1 Å². The Morgan fingerprint density at radius 1 is 1.25 bits per heavy atom. The molecule has 3 nitrogen and oxygen atoms in total. The Kier molecular flexibility index (Phi) is 3.27. The maximum atomic E-state index is 5.66. The van der Waals surface area contributed by atoms with Gasteiger partial charge in [0.2, 0.25) is 0 Å². The zero-order valence-corrected chi connectivity index (χ0v) is 9.98. The van der Waals surface area contributed by atoms with Gasteiger partial charge in [-0.1, -0.05) is 12.1 Å². The Bertz CT molecular complexity index is 471. The summed E-state index contributed by atoms with van der Waals surface area (Å²) in [7, 11) is 4.19. The summed E-state index contributed by atoms with van der Waals surface area (Å²) in [4.78, 5) is 2.19. The summed E-state index contributed by atoms with van der Waals surface area (Å²) in [6, 6.07) is 8.58. The molecular formula is C13H19N3. The van der Waals surface area contributed by atoms with E-state index in [4.69, 9.17) is 5.73 Å². The summed E-state index contributed by atoms with van der Waals surface area (Å²) in [6.07, 6.45) is 2.15. The highest BCUT2D eigenvalue weighted by Gasteiger charge is 2.02. The molecule has 0 atom stereocenters. The molecule has 1 aromatic heterocycles. The minimum absolute atomic E-state index is 0.606. The van der Waals surface area contributed by atoms with Gasteiger partial charge in [0.05, 0.1) is 0 Å². The lowest BCUT2D eigenvalue weighted by molar-refractivity contribution is 0.387. The second-order valence-corrected chi connectivity index (χ2v) is 4.41. The van der Waals surface area contributed by atoms with Gasteiger partial charge in [0, 0.05) is 31.3 Å². The van der Waals surface area contributed by atoms with Crippen molar-refractivity contribution >= 4 is 10.9 Å². The van der Waals surface area contributed by atoms with Crippen molar-refractivity contribution in [3.8, 4) is 0 Å². The van der Waals surface area contributed by atoms with E-state index in [0.717, 1.165) is 13.1 Å². The molecule has 3 heteroatoms. The summed E-state index contributed by atoms with van der Waals surface area (Å²) in [5, 5.41) is 1.29. The van der Waals surface area contributed by atoms with E-state index in [9.17, 15) is 0 Å². The third kappa shape index (κ3) is 2.26. The zero-order valence-electron chi connectivity index (χ0n) is 9.98. The van der Waals surface area contributed by atoms with Crippen LogP contribution in [0.2, 0.25) is 0 Å². The minimum Gasteiger partial charge on any atom is -0.346 e. The van der Waals surface area contributed by atoms with Gasteiger partial charge in [-0.15, -0.1) is 0 Å². The van der Waals surface area contributed by atoms with Gasteiger partial charge >= 0.3 is 0 Å². The smallest absolute Gasteiger partial charge is 0.0483 e. The average molecular weight is 217 g/mol. The van der Waals surface area contributed by atoms with Crippen LogP contribution in [0.15, 0.2) is 30.5 Å². The Balaban J connectivity index is 2.30. The molecule has 0 bridgehead atoms. The van der Waals surface area contributed by atoms with Gasteiger partial charge in [-0.25, -0.2) is 0 Å². The van der Waals surface area contributed by atoms with E-state index in [-0.39, 0.29) is 0 Å². The number of hydrogen-bond donors (Lipinski definition) is 1. The number of rotatable bonds is 4. The monoisotopic (exact) mass is 217 g/mol. The normalized spacial score (nSPS) is 11.5. The molecule has 0 aliphatic rings. The van der Waals surface area contributed by atoms with Gasteiger partial charge in [0.25, 0.3) is 0 Å². The molecular weight excluding hydrogens is 198 g/mol. The van der Waals surface area contributed by atoms with E-state index in [2.05, 4.69) is 54.0 Å². The van der Waals surface area contributed by atoms with Gasteiger partial charge in [-0.2, -0.15) is 0 Å². The Hall–Kier alpha value is -1.32. The predicted octanol–water partition coefficient (Wildman–Crippen LogP) is 1.66. The second kappa shape index (κ2) is 4.68. The summed E-state index contributed by atoms with van der Waals surface area (Å²) >= 11 is 0. The van der Waals surface area contributed by atoms with Crippen LogP contribution in [-0.4, -0.2) is 30.1 Å². The van der Waals surface area contributed by atoms with Crippen LogP contribution < -0.4 is 5.73 Å². The van der Waals surface area contributed by atoms with Crippen molar-refractivity contribution in [1.29, 1.82) is 0 Å². The first kappa shape index (κ1) is 11.2. The third-order valence-electron chi connectivity index (χ3n) is 2.86. The third-order valence-corrected chi connectivity index (χ3v) is 2.86. The maximum absolute atomic E-state index is 5.66. The van der Waals surface area contributed by atoms with Gasteiger partial charge in [0.15, 0.2) is 0 Å². The zero-order chi connectivity index (χ0) is 11.5. The first-order valence-corrected chi connectivity index (χ1v) is 5.63. The number of likely N-dealkylation sites (N-methyl/N-ethyl adjacent to an activating group) is 1. The fraction of sp³-hybridized carbons (Fsp3) is 0.385. The van der Waals surface area contributed by atoms with Crippen LogP contribution >= 0.6 is 0 Å². The Morgan fingerprint density at radius 2 is 2.06 bits per heavy atom. The number of hydrogen-bond acceptors (Lipinski definition) is 2. The van der Waals surface area contributed by atoms with E-state index in [1.807, 2.05) is 0 Å². The van der Waals surface area contributed by atoms with Gasteiger partial charge in [-0.3, -0.25) is 0 Å². The van der Waals surface area contributed by atoms with E-state index in [1.165, 1.54) is 16.5 Å². The molecule has 0 aliphatic heterocycles. The quantitative estimate of drug-likeness (QED) is 0.845. The van der Waals surface area contributed by atoms with Crippen LogP contribution in [0.1, 0.15) is 5.56 Å². The molecule has 0 saturated heterocycles. The summed E-state index contributed by atoms with van der Waals surface area (Å²) in [6.45, 7) is 2.68. The molecule has 2 aromatic rings. The molecule has 0 amide bonds. The number of aromatic nitrogens is 1. The Morgan fingerprint density at radius 3 is 2.75 bits per heavy atom. The molecule has 0 unspecified atom stereocenters. The van der Waals surface area contributed by atoms with Crippen molar-refractivity contribution in [2.24, 2.45) is 5.73 Å². The summed E-state index contributed by atoms with van der Waals surface area (Å²) < 4.78 is 2.29. The highest BCUT2D eigenvalue weighted by atomic mass is 15.1. The molecule has 0 aliphatic carbocycles. The predicted molar refractivity (Wildman–Crippen MR) is 68.4 cm³/mol. The van der Waals surface area contributed by atoms with Crippen LogP contribution in [-0.2, 0) is 13.1 Å². The minimum atomic E-state index is 0.606. The lowest BCUT2D eigenvalue weighted by atomic mass is 10.1. The molecule has 0 saturated carbocycles. The SMILES string of the molecule is CN(C)CCn1ccc2ccc(CN)cc21. The van der Waals surface area contributed by atoms with Crippen molar-refractivity contribution in [1.82, 2.24) is 9.47 Å². The molecule has 86 valence electrons. The lowest BCUT2D eigenvalue weighted by Crippen LogP contribution is -2.17. The number of fused-ring (bicyclic) bond motifs is 1. The molecule has 0 radical (unpaired) electrons. The fourth-order valence-electron chi connectivity index (χ4n) is 1.86. The van der Waals surface area contributed by atoms with E-state index in [1.54, 1.807) is 0 Å². The van der Waals surface area contributed by atoms with Crippen molar-refractivity contribution in [2.75, 3.05) is 20.6 Å². The number of nitrogens with two attached hydrogens (primary N) is 1. The van der Waals surface area contributed by atoms with E-state index >= 15 is 0 Å². The first-order chi connectivity index (χ1) is 7.70. The molecule has 0 fully saturated rings. The largest absolute Gasteiger partial charge is 0.346 e. The molecule has 0 spiro atoms. The average Bonchev–Trinajstić information content (AvgIpc) is 2.68.